The van der Waals surface area contributed by atoms with Crippen molar-refractivity contribution in [3.63, 3.8) is 0 Å². The molecule has 1 saturated carbocycles. The molecule has 1 saturated heterocycles. The number of carboxylic acids is 1. The smallest absolute Gasteiger partial charge is 0.326 e. The van der Waals surface area contributed by atoms with Crippen LogP contribution < -0.4 is 5.56 Å². The van der Waals surface area contributed by atoms with Crippen molar-refractivity contribution in [3.05, 3.63) is 33.2 Å². The van der Waals surface area contributed by atoms with E-state index >= 15 is 0 Å². The molecule has 1 N–H and O–H groups in total. The fourth-order valence-electron chi connectivity index (χ4n) is 4.06. The molecule has 0 radical (unpaired) electrons. The van der Waals surface area contributed by atoms with Gasteiger partial charge in [0.1, 0.15) is 6.04 Å². The number of nitrogens with zero attached hydrogens (tertiary/aromatic N) is 2. The monoisotopic (exact) mass is 396 g/mol. The van der Waals surface area contributed by atoms with Gasteiger partial charge in [-0.25, -0.2) is 4.79 Å². The van der Waals surface area contributed by atoms with Crippen molar-refractivity contribution < 1.29 is 14.7 Å². The predicted molar refractivity (Wildman–Crippen MR) is 91.7 cm³/mol. The third-order valence-corrected chi connectivity index (χ3v) is 5.64. The van der Waals surface area contributed by atoms with E-state index in [0.717, 1.165) is 30.2 Å². The number of halogens is 1. The summed E-state index contributed by atoms with van der Waals surface area (Å²) < 4.78 is 2.25. The Bertz CT molecular complexity index is 702. The number of aryl methyl sites for hydroxylation is 1. The molecule has 0 spiro atoms. The molecular formula is C17H21BrN2O4. The van der Waals surface area contributed by atoms with E-state index in [0.29, 0.717) is 12.3 Å². The minimum atomic E-state index is -0.919. The van der Waals surface area contributed by atoms with Crippen LogP contribution in [0, 0.1) is 5.92 Å². The maximum Gasteiger partial charge on any atom is 0.326 e. The molecule has 2 heterocycles. The molecule has 0 unspecified atom stereocenters. The molecule has 0 bridgehead atoms. The Morgan fingerprint density at radius 1 is 1.25 bits per heavy atom. The van der Waals surface area contributed by atoms with Crippen LogP contribution >= 0.6 is 15.9 Å². The van der Waals surface area contributed by atoms with Crippen LogP contribution in [0.2, 0.25) is 0 Å². The number of amides is 1. The van der Waals surface area contributed by atoms with Crippen LogP contribution in [0.5, 0.6) is 0 Å². The van der Waals surface area contributed by atoms with Gasteiger partial charge in [0, 0.05) is 35.7 Å². The van der Waals surface area contributed by atoms with Crippen molar-refractivity contribution in [2.24, 2.45) is 5.92 Å². The van der Waals surface area contributed by atoms with Crippen molar-refractivity contribution in [3.8, 4) is 0 Å². The molecular weight excluding hydrogens is 376 g/mol. The summed E-state index contributed by atoms with van der Waals surface area (Å²) in [6.45, 7) is 0.261. The Labute approximate surface area is 148 Å². The highest BCUT2D eigenvalue weighted by Gasteiger charge is 2.47. The summed E-state index contributed by atoms with van der Waals surface area (Å²) in [6.07, 6.45) is 6.40. The van der Waals surface area contributed by atoms with E-state index in [1.807, 2.05) is 0 Å². The van der Waals surface area contributed by atoms with Gasteiger partial charge in [0.05, 0.1) is 0 Å². The maximum atomic E-state index is 12.7. The van der Waals surface area contributed by atoms with Crippen molar-refractivity contribution >= 4 is 27.8 Å². The second kappa shape index (κ2) is 7.09. The largest absolute Gasteiger partial charge is 0.480 e. The Hall–Kier alpha value is -1.63. The summed E-state index contributed by atoms with van der Waals surface area (Å²) in [5, 5.41) is 9.49. The Kier molecular flexibility index (Phi) is 5.08. The fraction of sp³-hybridized carbons (Fsp3) is 0.588. The van der Waals surface area contributed by atoms with Crippen LogP contribution in [0.25, 0.3) is 0 Å². The highest BCUT2D eigenvalue weighted by molar-refractivity contribution is 9.10. The van der Waals surface area contributed by atoms with Gasteiger partial charge in [-0.3, -0.25) is 9.59 Å². The minimum Gasteiger partial charge on any atom is -0.480 e. The van der Waals surface area contributed by atoms with E-state index < -0.39 is 12.0 Å². The number of likely N-dealkylation sites (tertiary alicyclic amines) is 1. The lowest BCUT2D eigenvalue weighted by Gasteiger charge is -2.33. The molecule has 1 amide bonds. The van der Waals surface area contributed by atoms with Gasteiger partial charge in [-0.15, -0.1) is 0 Å². The molecule has 1 aromatic rings. The number of aromatic nitrogens is 1. The van der Waals surface area contributed by atoms with E-state index in [1.54, 1.807) is 17.2 Å². The van der Waals surface area contributed by atoms with Crippen LogP contribution in [-0.4, -0.2) is 38.5 Å². The van der Waals surface area contributed by atoms with Crippen LogP contribution in [0.15, 0.2) is 27.6 Å². The summed E-state index contributed by atoms with van der Waals surface area (Å²) in [6, 6.07) is 2.44. The van der Waals surface area contributed by atoms with Crippen LogP contribution in [0.3, 0.4) is 0 Å². The molecule has 6 nitrogen and oxygen atoms in total. The minimum absolute atomic E-state index is 0.0478. The number of fused-ring (bicyclic) bond motifs is 1. The molecule has 2 aliphatic rings. The highest BCUT2D eigenvalue weighted by atomic mass is 79.9. The molecule has 3 rings (SSSR count). The molecule has 0 aromatic carbocycles. The van der Waals surface area contributed by atoms with E-state index in [-0.39, 0.29) is 30.5 Å². The first-order valence-electron chi connectivity index (χ1n) is 8.37. The predicted octanol–water partition coefficient (Wildman–Crippen LogP) is 2.25. The first-order valence-corrected chi connectivity index (χ1v) is 9.16. The molecule has 1 aromatic heterocycles. The van der Waals surface area contributed by atoms with Gasteiger partial charge in [0.15, 0.2) is 0 Å². The number of carbonyl (C=O) groups is 2. The van der Waals surface area contributed by atoms with Gasteiger partial charge in [0.25, 0.3) is 5.56 Å². The summed E-state index contributed by atoms with van der Waals surface area (Å²) in [4.78, 5) is 37.7. The van der Waals surface area contributed by atoms with Crippen LogP contribution in [0.4, 0.5) is 0 Å². The third-order valence-electron chi connectivity index (χ3n) is 5.18. The third kappa shape index (κ3) is 3.41. The summed E-state index contributed by atoms with van der Waals surface area (Å²) >= 11 is 3.31. The van der Waals surface area contributed by atoms with Crippen molar-refractivity contribution in [2.75, 3.05) is 0 Å². The highest BCUT2D eigenvalue weighted by Crippen LogP contribution is 2.40. The molecule has 24 heavy (non-hydrogen) atoms. The molecule has 2 fully saturated rings. The average Bonchev–Trinajstić information content (AvgIpc) is 2.95. The lowest BCUT2D eigenvalue weighted by atomic mass is 9.84. The Balaban J connectivity index is 1.73. The number of rotatable bonds is 4. The summed E-state index contributed by atoms with van der Waals surface area (Å²) in [5.41, 5.74) is -0.169. The SMILES string of the molecule is O=C(O)[C@@H]1C[C@@H]2CCCC[C@H]2N1C(=O)CCn1cc(Br)ccc1=O. The van der Waals surface area contributed by atoms with Crippen molar-refractivity contribution in [1.29, 1.82) is 0 Å². The molecule has 130 valence electrons. The number of hydrogen-bond acceptors (Lipinski definition) is 3. The number of aliphatic carboxylic acids is 1. The lowest BCUT2D eigenvalue weighted by molar-refractivity contribution is -0.150. The average molecular weight is 397 g/mol. The Morgan fingerprint density at radius 2 is 2.00 bits per heavy atom. The molecule has 1 aliphatic heterocycles. The zero-order valence-electron chi connectivity index (χ0n) is 13.4. The van der Waals surface area contributed by atoms with E-state index in [2.05, 4.69) is 15.9 Å². The van der Waals surface area contributed by atoms with Gasteiger partial charge in [-0.1, -0.05) is 12.8 Å². The van der Waals surface area contributed by atoms with Crippen molar-refractivity contribution in [2.45, 2.75) is 57.2 Å². The normalized spacial score (nSPS) is 26.2. The topological polar surface area (TPSA) is 79.6 Å². The molecule has 1 aliphatic carbocycles. The zero-order chi connectivity index (χ0) is 17.3. The second-order valence-electron chi connectivity index (χ2n) is 6.63. The maximum absolute atomic E-state index is 12.7. The van der Waals surface area contributed by atoms with Crippen molar-refractivity contribution in [1.82, 2.24) is 9.47 Å². The van der Waals surface area contributed by atoms with Gasteiger partial charge < -0.3 is 14.6 Å². The van der Waals surface area contributed by atoms with Gasteiger partial charge >= 0.3 is 5.97 Å². The fourth-order valence-corrected chi connectivity index (χ4v) is 4.44. The van der Waals surface area contributed by atoms with Gasteiger partial charge in [0.2, 0.25) is 5.91 Å². The molecule has 7 heteroatoms. The van der Waals surface area contributed by atoms with Crippen LogP contribution in [0.1, 0.15) is 38.5 Å². The number of carboxylic acid groups (broad SMARTS) is 1. The second-order valence-corrected chi connectivity index (χ2v) is 7.55. The van der Waals surface area contributed by atoms with E-state index in [9.17, 15) is 19.5 Å². The number of carbonyl (C=O) groups excluding carboxylic acids is 1. The first-order chi connectivity index (χ1) is 11.5. The van der Waals surface area contributed by atoms with E-state index in [4.69, 9.17) is 0 Å². The van der Waals surface area contributed by atoms with Gasteiger partial charge in [-0.05, 0) is 47.2 Å². The van der Waals surface area contributed by atoms with Crippen LogP contribution in [-0.2, 0) is 16.1 Å². The van der Waals surface area contributed by atoms with E-state index in [1.165, 1.54) is 10.6 Å². The summed E-state index contributed by atoms with van der Waals surface area (Å²) in [5.74, 6) is -0.779. The quantitative estimate of drug-likeness (QED) is 0.845. The van der Waals surface area contributed by atoms with Gasteiger partial charge in [-0.2, -0.15) is 0 Å². The Morgan fingerprint density at radius 3 is 2.75 bits per heavy atom. The lowest BCUT2D eigenvalue weighted by Crippen LogP contribution is -2.46. The standard InChI is InChI=1S/C17H21BrN2O4/c18-12-5-6-15(21)19(10-12)8-7-16(22)20-13-4-2-1-3-11(13)9-14(20)17(23)24/h5-6,10-11,13-14H,1-4,7-9H2,(H,23,24)/t11-,13+,14-/m0/s1. The zero-order valence-corrected chi connectivity index (χ0v) is 14.9. The number of pyridine rings is 1. The number of hydrogen-bond donors (Lipinski definition) is 1. The molecule has 3 atom stereocenters. The summed E-state index contributed by atoms with van der Waals surface area (Å²) in [7, 11) is 0. The first kappa shape index (κ1) is 17.2.